The van der Waals surface area contributed by atoms with Crippen molar-refractivity contribution in [3.8, 4) is 0 Å². The van der Waals surface area contributed by atoms with Gasteiger partial charge in [0.2, 0.25) is 0 Å². The Morgan fingerprint density at radius 1 is 1.09 bits per heavy atom. The van der Waals surface area contributed by atoms with Gasteiger partial charge in [-0.15, -0.1) is 0 Å². The van der Waals surface area contributed by atoms with Crippen molar-refractivity contribution in [2.24, 2.45) is 0 Å². The fourth-order valence-corrected chi connectivity index (χ4v) is 3.35. The number of nitrogens with zero attached hydrogens (tertiary/aromatic N) is 5. The van der Waals surface area contributed by atoms with Gasteiger partial charge in [-0.25, -0.2) is 4.98 Å². The molecule has 0 N–H and O–H groups in total. The van der Waals surface area contributed by atoms with Crippen LogP contribution in [0.25, 0.3) is 5.78 Å². The Hall–Kier alpha value is -1.69. The van der Waals surface area contributed by atoms with E-state index in [1.165, 1.54) is 19.3 Å². The molecule has 0 aromatic carbocycles. The number of rotatable bonds is 3. The maximum atomic E-state index is 6.21. The Morgan fingerprint density at radius 3 is 2.73 bits per heavy atom. The van der Waals surface area contributed by atoms with Crippen LogP contribution in [0.4, 0.5) is 5.82 Å². The maximum Gasteiger partial charge on any atom is 0.254 e. The highest BCUT2D eigenvalue weighted by molar-refractivity contribution is 5.47. The molecular weight excluding hydrogens is 278 g/mol. The fraction of sp³-hybridized carbons (Fsp3) is 0.688. The summed E-state index contributed by atoms with van der Waals surface area (Å²) in [7, 11) is 0. The predicted molar refractivity (Wildman–Crippen MR) is 84.1 cm³/mol. The first kappa shape index (κ1) is 13.9. The van der Waals surface area contributed by atoms with Crippen LogP contribution >= 0.6 is 0 Å². The molecule has 0 bridgehead atoms. The molecule has 0 amide bonds. The average molecular weight is 301 g/mol. The van der Waals surface area contributed by atoms with Gasteiger partial charge in [-0.05, 0) is 45.4 Å². The standard InChI is InChI=1S/C16H23N5O/c1-12-10-15(21-16(19-12)17-11-18-21)20-8-3-6-14(7-9-20)22-13-4-2-5-13/h10-11,13-14H,2-9H2,1H3. The molecule has 1 unspecified atom stereocenters. The minimum absolute atomic E-state index is 0.421. The average Bonchev–Trinajstić information content (AvgIpc) is 2.79. The predicted octanol–water partition coefficient (Wildman–Crippen LogP) is 2.36. The smallest absolute Gasteiger partial charge is 0.254 e. The molecule has 2 aliphatic rings. The van der Waals surface area contributed by atoms with Crippen molar-refractivity contribution in [1.82, 2.24) is 19.6 Å². The first-order valence-corrected chi connectivity index (χ1v) is 8.37. The number of anilines is 1. The van der Waals surface area contributed by atoms with Gasteiger partial charge in [0, 0.05) is 24.8 Å². The largest absolute Gasteiger partial charge is 0.375 e. The van der Waals surface area contributed by atoms with Gasteiger partial charge < -0.3 is 9.64 Å². The van der Waals surface area contributed by atoms with E-state index < -0.39 is 0 Å². The van der Waals surface area contributed by atoms with Crippen LogP contribution < -0.4 is 4.90 Å². The van der Waals surface area contributed by atoms with Crippen molar-refractivity contribution in [3.05, 3.63) is 18.1 Å². The highest BCUT2D eigenvalue weighted by atomic mass is 16.5. The van der Waals surface area contributed by atoms with E-state index in [0.717, 1.165) is 43.9 Å². The Labute approximate surface area is 130 Å². The summed E-state index contributed by atoms with van der Waals surface area (Å²) in [4.78, 5) is 11.0. The van der Waals surface area contributed by atoms with E-state index in [9.17, 15) is 0 Å². The Kier molecular flexibility index (Phi) is 3.70. The van der Waals surface area contributed by atoms with Crippen molar-refractivity contribution >= 4 is 11.6 Å². The normalized spacial score (nSPS) is 23.5. The number of aromatic nitrogens is 4. The van der Waals surface area contributed by atoms with E-state index >= 15 is 0 Å². The third-order valence-corrected chi connectivity index (χ3v) is 4.80. The first-order valence-electron chi connectivity index (χ1n) is 8.37. The lowest BCUT2D eigenvalue weighted by Crippen LogP contribution is -2.30. The summed E-state index contributed by atoms with van der Waals surface area (Å²) in [6.07, 6.45) is 9.79. The van der Waals surface area contributed by atoms with Crippen LogP contribution in [0.3, 0.4) is 0 Å². The van der Waals surface area contributed by atoms with E-state index in [4.69, 9.17) is 4.74 Å². The van der Waals surface area contributed by atoms with Crippen LogP contribution in [0.5, 0.6) is 0 Å². The van der Waals surface area contributed by atoms with Gasteiger partial charge in [-0.1, -0.05) is 0 Å². The summed E-state index contributed by atoms with van der Waals surface area (Å²) in [6.45, 7) is 4.07. The molecule has 0 spiro atoms. The van der Waals surface area contributed by atoms with Crippen molar-refractivity contribution in [3.63, 3.8) is 0 Å². The Balaban J connectivity index is 1.51. The van der Waals surface area contributed by atoms with Gasteiger partial charge in [0.25, 0.3) is 5.78 Å². The van der Waals surface area contributed by atoms with Gasteiger partial charge >= 0.3 is 0 Å². The molecule has 6 heteroatoms. The molecular formula is C16H23N5O. The molecule has 2 aromatic rings. The lowest BCUT2D eigenvalue weighted by atomic mass is 9.95. The minimum atomic E-state index is 0.421. The zero-order chi connectivity index (χ0) is 14.9. The first-order chi connectivity index (χ1) is 10.8. The van der Waals surface area contributed by atoms with Gasteiger partial charge in [0.05, 0.1) is 12.2 Å². The summed E-state index contributed by atoms with van der Waals surface area (Å²) < 4.78 is 8.06. The summed E-state index contributed by atoms with van der Waals surface area (Å²) in [6, 6.07) is 2.11. The second-order valence-electron chi connectivity index (χ2n) is 6.46. The van der Waals surface area contributed by atoms with Gasteiger partial charge in [0.1, 0.15) is 12.1 Å². The van der Waals surface area contributed by atoms with Crippen LogP contribution in [0, 0.1) is 6.92 Å². The topological polar surface area (TPSA) is 55.6 Å². The van der Waals surface area contributed by atoms with Crippen LogP contribution in [0.2, 0.25) is 0 Å². The number of fused-ring (bicyclic) bond motifs is 1. The van der Waals surface area contributed by atoms with Crippen LogP contribution in [0.15, 0.2) is 12.4 Å². The number of aryl methyl sites for hydroxylation is 1. The second-order valence-corrected chi connectivity index (χ2v) is 6.46. The molecule has 6 nitrogen and oxygen atoms in total. The third kappa shape index (κ3) is 2.67. The zero-order valence-corrected chi connectivity index (χ0v) is 13.1. The maximum absolute atomic E-state index is 6.21. The molecule has 2 aromatic heterocycles. The highest BCUT2D eigenvalue weighted by Crippen LogP contribution is 2.27. The molecule has 2 fully saturated rings. The molecule has 1 saturated carbocycles. The van der Waals surface area contributed by atoms with Crippen molar-refractivity contribution < 1.29 is 4.74 Å². The monoisotopic (exact) mass is 301 g/mol. The number of hydrogen-bond acceptors (Lipinski definition) is 5. The SMILES string of the molecule is Cc1cc(N2CCCC(OC3CCC3)CC2)n2ncnc2n1. The Bertz CT molecular complexity index is 651. The van der Waals surface area contributed by atoms with E-state index in [2.05, 4.69) is 26.0 Å². The van der Waals surface area contributed by atoms with Crippen molar-refractivity contribution in [2.75, 3.05) is 18.0 Å². The second kappa shape index (κ2) is 5.83. The van der Waals surface area contributed by atoms with E-state index in [0.29, 0.717) is 18.0 Å². The summed E-state index contributed by atoms with van der Waals surface area (Å²) in [5.74, 6) is 1.78. The lowest BCUT2D eigenvalue weighted by Gasteiger charge is -2.30. The summed E-state index contributed by atoms with van der Waals surface area (Å²) in [5.41, 5.74) is 0.988. The fourth-order valence-electron chi connectivity index (χ4n) is 3.35. The molecule has 1 saturated heterocycles. The molecule has 1 atom stereocenters. The third-order valence-electron chi connectivity index (χ3n) is 4.80. The molecule has 4 rings (SSSR count). The summed E-state index contributed by atoms with van der Waals surface area (Å²) in [5, 5.41) is 4.33. The number of ether oxygens (including phenoxy) is 1. The minimum Gasteiger partial charge on any atom is -0.375 e. The number of hydrogen-bond donors (Lipinski definition) is 0. The van der Waals surface area contributed by atoms with Crippen LogP contribution in [0.1, 0.15) is 44.2 Å². The van der Waals surface area contributed by atoms with Gasteiger partial charge in [0.15, 0.2) is 0 Å². The van der Waals surface area contributed by atoms with E-state index in [-0.39, 0.29) is 0 Å². The molecule has 22 heavy (non-hydrogen) atoms. The highest BCUT2D eigenvalue weighted by Gasteiger charge is 2.25. The zero-order valence-electron chi connectivity index (χ0n) is 13.1. The summed E-state index contributed by atoms with van der Waals surface area (Å²) >= 11 is 0. The molecule has 118 valence electrons. The van der Waals surface area contributed by atoms with Crippen molar-refractivity contribution in [2.45, 2.75) is 57.7 Å². The lowest BCUT2D eigenvalue weighted by molar-refractivity contribution is -0.0549. The van der Waals surface area contributed by atoms with Crippen LogP contribution in [-0.2, 0) is 4.74 Å². The van der Waals surface area contributed by atoms with E-state index in [1.807, 2.05) is 11.4 Å². The quantitative estimate of drug-likeness (QED) is 0.871. The molecule has 1 aliphatic heterocycles. The van der Waals surface area contributed by atoms with Crippen molar-refractivity contribution in [1.29, 1.82) is 0 Å². The molecule has 3 heterocycles. The van der Waals surface area contributed by atoms with Gasteiger partial charge in [-0.3, -0.25) is 0 Å². The van der Waals surface area contributed by atoms with Gasteiger partial charge in [-0.2, -0.15) is 14.6 Å². The Morgan fingerprint density at radius 2 is 1.91 bits per heavy atom. The molecule has 0 radical (unpaired) electrons. The van der Waals surface area contributed by atoms with Crippen LogP contribution in [-0.4, -0.2) is 44.9 Å². The molecule has 1 aliphatic carbocycles. The van der Waals surface area contributed by atoms with E-state index in [1.54, 1.807) is 6.33 Å².